The van der Waals surface area contributed by atoms with Gasteiger partial charge in [-0.25, -0.2) is 4.72 Å². The summed E-state index contributed by atoms with van der Waals surface area (Å²) in [6, 6.07) is 0.148. The Bertz CT molecular complexity index is 327. The van der Waals surface area contributed by atoms with Gasteiger partial charge in [-0.3, -0.25) is 0 Å². The van der Waals surface area contributed by atoms with Crippen molar-refractivity contribution in [1.29, 1.82) is 0 Å². The maximum absolute atomic E-state index is 11.5. The van der Waals surface area contributed by atoms with Crippen LogP contribution in [-0.4, -0.2) is 32.2 Å². The van der Waals surface area contributed by atoms with Crippen molar-refractivity contribution in [2.45, 2.75) is 50.7 Å². The number of nitrogens with one attached hydrogen (secondary N) is 2. The Morgan fingerprint density at radius 1 is 1.19 bits per heavy atom. The molecule has 5 nitrogen and oxygen atoms in total. The molecular weight excluding hydrogens is 228 g/mol. The minimum atomic E-state index is -3.32. The summed E-state index contributed by atoms with van der Waals surface area (Å²) in [6.07, 6.45) is 5.20. The highest BCUT2D eigenvalue weighted by Gasteiger charge is 2.27. The van der Waals surface area contributed by atoms with E-state index in [4.69, 9.17) is 0 Å². The molecule has 0 aromatic heterocycles. The van der Waals surface area contributed by atoms with E-state index in [9.17, 15) is 13.5 Å². The lowest BCUT2D eigenvalue weighted by atomic mass is 9.87. The zero-order chi connectivity index (χ0) is 11.6. The maximum atomic E-state index is 11.5. The molecule has 0 aliphatic heterocycles. The average molecular weight is 248 g/mol. The lowest BCUT2D eigenvalue weighted by Crippen LogP contribution is -2.41. The Morgan fingerprint density at radius 2 is 1.94 bits per heavy atom. The Morgan fingerprint density at radius 3 is 2.56 bits per heavy atom. The van der Waals surface area contributed by atoms with E-state index in [0.29, 0.717) is 13.0 Å². The highest BCUT2D eigenvalue weighted by Crippen LogP contribution is 2.24. The summed E-state index contributed by atoms with van der Waals surface area (Å²) in [6.45, 7) is 0.444. The molecule has 2 atom stereocenters. The van der Waals surface area contributed by atoms with Gasteiger partial charge in [0, 0.05) is 12.6 Å². The first kappa shape index (κ1) is 12.3. The zero-order valence-electron chi connectivity index (χ0n) is 9.35. The van der Waals surface area contributed by atoms with E-state index in [-0.39, 0.29) is 18.1 Å². The second-order valence-corrected chi connectivity index (χ2v) is 6.46. The van der Waals surface area contributed by atoms with E-state index in [0.717, 1.165) is 32.1 Å². The summed E-state index contributed by atoms with van der Waals surface area (Å²) in [7, 11) is -3.32. The number of aliphatic hydroxyl groups is 1. The van der Waals surface area contributed by atoms with E-state index in [1.807, 2.05) is 0 Å². The predicted octanol–water partition coefficient (Wildman–Crippen LogP) is 0.124. The third kappa shape index (κ3) is 4.01. The van der Waals surface area contributed by atoms with Crippen LogP contribution in [0.3, 0.4) is 0 Å². The third-order valence-corrected chi connectivity index (χ3v) is 4.41. The Labute approximate surface area is 96.8 Å². The molecule has 2 aliphatic carbocycles. The molecule has 2 rings (SSSR count). The van der Waals surface area contributed by atoms with Crippen molar-refractivity contribution < 1.29 is 13.5 Å². The van der Waals surface area contributed by atoms with Gasteiger partial charge in [0.15, 0.2) is 0 Å². The van der Waals surface area contributed by atoms with Gasteiger partial charge in [0.05, 0.1) is 6.10 Å². The monoisotopic (exact) mass is 248 g/mol. The first-order valence-corrected chi connectivity index (χ1v) is 7.48. The summed E-state index contributed by atoms with van der Waals surface area (Å²) in [5.74, 6) is 0.277. The molecule has 2 unspecified atom stereocenters. The van der Waals surface area contributed by atoms with Gasteiger partial charge in [-0.1, -0.05) is 6.42 Å². The van der Waals surface area contributed by atoms with Crippen LogP contribution in [0.2, 0.25) is 0 Å². The third-order valence-electron chi connectivity index (χ3n) is 3.22. The highest BCUT2D eigenvalue weighted by molar-refractivity contribution is 7.87. The van der Waals surface area contributed by atoms with Crippen molar-refractivity contribution in [3.8, 4) is 0 Å². The molecule has 94 valence electrons. The van der Waals surface area contributed by atoms with Crippen LogP contribution in [0, 0.1) is 5.92 Å². The van der Waals surface area contributed by atoms with E-state index in [2.05, 4.69) is 9.44 Å². The fraction of sp³-hybridized carbons (Fsp3) is 1.00. The number of hydrogen-bond donors (Lipinski definition) is 3. The van der Waals surface area contributed by atoms with Crippen LogP contribution in [0.4, 0.5) is 0 Å². The van der Waals surface area contributed by atoms with Crippen LogP contribution in [0.5, 0.6) is 0 Å². The van der Waals surface area contributed by atoms with Crippen molar-refractivity contribution in [2.24, 2.45) is 5.92 Å². The molecule has 0 bridgehead atoms. The lowest BCUT2D eigenvalue weighted by molar-refractivity contribution is 0.102. The second-order valence-electron chi connectivity index (χ2n) is 4.93. The fourth-order valence-corrected chi connectivity index (χ4v) is 3.35. The highest BCUT2D eigenvalue weighted by atomic mass is 32.2. The van der Waals surface area contributed by atoms with Gasteiger partial charge in [0.2, 0.25) is 0 Å². The molecule has 6 heteroatoms. The molecule has 2 fully saturated rings. The van der Waals surface area contributed by atoms with Crippen LogP contribution in [0.1, 0.15) is 38.5 Å². The summed E-state index contributed by atoms with van der Waals surface area (Å²) in [5.41, 5.74) is 0. The Balaban J connectivity index is 1.72. The summed E-state index contributed by atoms with van der Waals surface area (Å²) in [5, 5.41) is 9.47. The zero-order valence-corrected chi connectivity index (χ0v) is 10.2. The van der Waals surface area contributed by atoms with Crippen LogP contribution in [0.25, 0.3) is 0 Å². The molecule has 3 N–H and O–H groups in total. The van der Waals surface area contributed by atoms with E-state index in [1.54, 1.807) is 0 Å². The summed E-state index contributed by atoms with van der Waals surface area (Å²) >= 11 is 0. The standard InChI is InChI=1S/C10H20N2O3S/c13-10-3-1-2-8(6-10)7-11-16(14,15)12-9-4-5-9/h8-13H,1-7H2. The van der Waals surface area contributed by atoms with Crippen molar-refractivity contribution in [2.75, 3.05) is 6.54 Å². The van der Waals surface area contributed by atoms with Gasteiger partial charge in [0.1, 0.15) is 0 Å². The molecule has 0 aromatic carbocycles. The van der Waals surface area contributed by atoms with Gasteiger partial charge in [-0.2, -0.15) is 13.1 Å². The van der Waals surface area contributed by atoms with E-state index >= 15 is 0 Å². The minimum Gasteiger partial charge on any atom is -0.393 e. The lowest BCUT2D eigenvalue weighted by Gasteiger charge is -2.25. The maximum Gasteiger partial charge on any atom is 0.277 e. The van der Waals surface area contributed by atoms with Crippen molar-refractivity contribution in [3.05, 3.63) is 0 Å². The minimum absolute atomic E-state index is 0.148. The van der Waals surface area contributed by atoms with Crippen LogP contribution in [0.15, 0.2) is 0 Å². The molecular formula is C10H20N2O3S. The number of hydrogen-bond acceptors (Lipinski definition) is 3. The van der Waals surface area contributed by atoms with Gasteiger partial charge in [-0.05, 0) is 38.0 Å². The second kappa shape index (κ2) is 5.00. The quantitative estimate of drug-likeness (QED) is 0.647. The largest absolute Gasteiger partial charge is 0.393 e. The van der Waals surface area contributed by atoms with E-state index < -0.39 is 10.2 Å². The molecule has 0 heterocycles. The molecule has 0 radical (unpaired) electrons. The summed E-state index contributed by atoms with van der Waals surface area (Å²) < 4.78 is 28.2. The molecule has 2 aliphatic rings. The predicted molar refractivity (Wildman–Crippen MR) is 61.0 cm³/mol. The average Bonchev–Trinajstić information content (AvgIpc) is 2.98. The van der Waals surface area contributed by atoms with Crippen LogP contribution >= 0.6 is 0 Å². The molecule has 2 saturated carbocycles. The van der Waals surface area contributed by atoms with Crippen LogP contribution < -0.4 is 9.44 Å². The number of rotatable bonds is 5. The molecule has 0 amide bonds. The Kier molecular flexibility index (Phi) is 3.84. The van der Waals surface area contributed by atoms with Gasteiger partial charge < -0.3 is 5.11 Å². The normalized spacial score (nSPS) is 31.6. The summed E-state index contributed by atoms with van der Waals surface area (Å²) in [4.78, 5) is 0. The van der Waals surface area contributed by atoms with Crippen LogP contribution in [-0.2, 0) is 10.2 Å². The van der Waals surface area contributed by atoms with Gasteiger partial charge in [-0.15, -0.1) is 0 Å². The smallest absolute Gasteiger partial charge is 0.277 e. The first-order chi connectivity index (χ1) is 7.55. The van der Waals surface area contributed by atoms with E-state index in [1.165, 1.54) is 0 Å². The van der Waals surface area contributed by atoms with Gasteiger partial charge >= 0.3 is 0 Å². The van der Waals surface area contributed by atoms with Gasteiger partial charge in [0.25, 0.3) is 10.2 Å². The topological polar surface area (TPSA) is 78.4 Å². The van der Waals surface area contributed by atoms with Crippen molar-refractivity contribution >= 4 is 10.2 Å². The molecule has 0 saturated heterocycles. The molecule has 0 aromatic rings. The SMILES string of the molecule is O=S(=O)(NCC1CCCC(O)C1)NC1CC1. The molecule has 0 spiro atoms. The van der Waals surface area contributed by atoms with Crippen molar-refractivity contribution in [3.63, 3.8) is 0 Å². The van der Waals surface area contributed by atoms with Crippen molar-refractivity contribution in [1.82, 2.24) is 9.44 Å². The first-order valence-electron chi connectivity index (χ1n) is 6.00. The molecule has 16 heavy (non-hydrogen) atoms. The Hall–Kier alpha value is -0.170. The number of aliphatic hydroxyl groups excluding tert-OH is 1. The fourth-order valence-electron chi connectivity index (χ4n) is 2.14.